The van der Waals surface area contributed by atoms with Crippen molar-refractivity contribution in [2.45, 2.75) is 13.0 Å². The third-order valence-electron chi connectivity index (χ3n) is 1.87. The molecule has 0 radical (unpaired) electrons. The first-order valence-corrected chi connectivity index (χ1v) is 4.15. The van der Waals surface area contributed by atoms with Crippen LogP contribution in [-0.2, 0) is 6.54 Å². The quantitative estimate of drug-likeness (QED) is 0.770. The monoisotopic (exact) mass is 216 g/mol. The maximum Gasteiger partial charge on any atom is 0.281 e. The molecule has 1 aromatic heterocycles. The number of nitrogens with zero attached hydrogens (tertiary/aromatic N) is 1. The van der Waals surface area contributed by atoms with E-state index in [4.69, 9.17) is 10.5 Å². The SMILES string of the molecule is COc1cc(C=O)c(C(F)F)nc1CN. The zero-order chi connectivity index (χ0) is 11.4. The zero-order valence-electron chi connectivity index (χ0n) is 8.04. The number of methoxy groups -OCH3 is 1. The van der Waals surface area contributed by atoms with Crippen molar-refractivity contribution >= 4 is 6.29 Å². The maximum atomic E-state index is 12.5. The molecule has 0 saturated carbocycles. The van der Waals surface area contributed by atoms with E-state index in [1.807, 2.05) is 0 Å². The van der Waals surface area contributed by atoms with Crippen molar-refractivity contribution in [2.75, 3.05) is 7.11 Å². The number of ether oxygens (including phenoxy) is 1. The van der Waals surface area contributed by atoms with Gasteiger partial charge in [0.25, 0.3) is 6.43 Å². The summed E-state index contributed by atoms with van der Waals surface area (Å²) in [6.07, 6.45) is -2.49. The fraction of sp³-hybridized carbons (Fsp3) is 0.333. The van der Waals surface area contributed by atoms with Gasteiger partial charge in [-0.2, -0.15) is 0 Å². The number of hydrogen-bond acceptors (Lipinski definition) is 4. The minimum Gasteiger partial charge on any atom is -0.495 e. The van der Waals surface area contributed by atoms with Crippen LogP contribution in [-0.4, -0.2) is 18.4 Å². The highest BCUT2D eigenvalue weighted by atomic mass is 19.3. The van der Waals surface area contributed by atoms with Crippen molar-refractivity contribution in [1.82, 2.24) is 4.98 Å². The van der Waals surface area contributed by atoms with Crippen LogP contribution in [0, 0.1) is 0 Å². The summed E-state index contributed by atoms with van der Waals surface area (Å²) < 4.78 is 29.8. The summed E-state index contributed by atoms with van der Waals surface area (Å²) in [6.45, 7) is -0.0258. The molecule has 0 spiro atoms. The molecule has 0 bridgehead atoms. The van der Waals surface area contributed by atoms with Crippen LogP contribution in [0.15, 0.2) is 6.07 Å². The van der Waals surface area contributed by atoms with Crippen molar-refractivity contribution in [3.05, 3.63) is 23.0 Å². The summed E-state index contributed by atoms with van der Waals surface area (Å²) in [6, 6.07) is 1.21. The number of alkyl halides is 2. The van der Waals surface area contributed by atoms with Gasteiger partial charge in [0.1, 0.15) is 11.4 Å². The lowest BCUT2D eigenvalue weighted by molar-refractivity contribution is 0.110. The van der Waals surface area contributed by atoms with E-state index in [-0.39, 0.29) is 23.6 Å². The van der Waals surface area contributed by atoms with Gasteiger partial charge in [-0.15, -0.1) is 0 Å². The van der Waals surface area contributed by atoms with Gasteiger partial charge >= 0.3 is 0 Å². The number of aldehydes is 1. The number of pyridine rings is 1. The Morgan fingerprint density at radius 3 is 2.73 bits per heavy atom. The van der Waals surface area contributed by atoms with Crippen LogP contribution < -0.4 is 10.5 Å². The molecule has 0 aliphatic carbocycles. The van der Waals surface area contributed by atoms with E-state index >= 15 is 0 Å². The molecular weight excluding hydrogens is 206 g/mol. The van der Waals surface area contributed by atoms with E-state index in [0.29, 0.717) is 6.29 Å². The second-order valence-corrected chi connectivity index (χ2v) is 2.73. The van der Waals surface area contributed by atoms with Crippen molar-refractivity contribution in [3.8, 4) is 5.75 Å². The third-order valence-corrected chi connectivity index (χ3v) is 1.87. The Labute approximate surface area is 85.1 Å². The van der Waals surface area contributed by atoms with E-state index in [0.717, 1.165) is 0 Å². The molecule has 0 aliphatic rings. The molecule has 6 heteroatoms. The molecular formula is C9H10F2N2O2. The summed E-state index contributed by atoms with van der Waals surface area (Å²) in [7, 11) is 1.35. The minimum absolute atomic E-state index is 0.0258. The van der Waals surface area contributed by atoms with Crippen molar-refractivity contribution in [1.29, 1.82) is 0 Å². The van der Waals surface area contributed by atoms with Crippen molar-refractivity contribution in [2.24, 2.45) is 5.73 Å². The highest BCUT2D eigenvalue weighted by Crippen LogP contribution is 2.25. The molecule has 15 heavy (non-hydrogen) atoms. The molecule has 82 valence electrons. The lowest BCUT2D eigenvalue weighted by atomic mass is 10.1. The Hall–Kier alpha value is -1.56. The van der Waals surface area contributed by atoms with Crippen molar-refractivity contribution in [3.63, 3.8) is 0 Å². The number of carbonyl (C=O) groups is 1. The molecule has 0 atom stereocenters. The molecule has 0 amide bonds. The molecule has 0 aliphatic heterocycles. The van der Waals surface area contributed by atoms with E-state index in [1.165, 1.54) is 13.2 Å². The predicted octanol–water partition coefficient (Wildman–Crippen LogP) is 1.30. The fourth-order valence-electron chi connectivity index (χ4n) is 1.16. The molecule has 0 unspecified atom stereocenters. The van der Waals surface area contributed by atoms with Gasteiger partial charge in [-0.1, -0.05) is 0 Å². The van der Waals surface area contributed by atoms with E-state index in [1.54, 1.807) is 0 Å². The largest absolute Gasteiger partial charge is 0.495 e. The smallest absolute Gasteiger partial charge is 0.281 e. The van der Waals surface area contributed by atoms with Crippen LogP contribution in [0.4, 0.5) is 8.78 Å². The first-order valence-electron chi connectivity index (χ1n) is 4.15. The molecule has 0 saturated heterocycles. The molecule has 0 fully saturated rings. The average Bonchev–Trinajstić information content (AvgIpc) is 2.26. The fourth-order valence-corrected chi connectivity index (χ4v) is 1.16. The molecule has 2 N–H and O–H groups in total. The Morgan fingerprint density at radius 1 is 1.67 bits per heavy atom. The zero-order valence-corrected chi connectivity index (χ0v) is 8.04. The summed E-state index contributed by atoms with van der Waals surface area (Å²) >= 11 is 0. The number of nitrogens with two attached hydrogens (primary N) is 1. The van der Waals surface area contributed by atoms with Crippen LogP contribution >= 0.6 is 0 Å². The summed E-state index contributed by atoms with van der Waals surface area (Å²) in [5.74, 6) is 0.240. The van der Waals surface area contributed by atoms with Gasteiger partial charge < -0.3 is 10.5 Å². The summed E-state index contributed by atoms with van der Waals surface area (Å²) in [5.41, 5.74) is 4.77. The first kappa shape index (κ1) is 11.5. The second kappa shape index (κ2) is 4.79. The van der Waals surface area contributed by atoms with Gasteiger partial charge in [0.2, 0.25) is 0 Å². The number of rotatable bonds is 4. The average molecular weight is 216 g/mol. The Morgan fingerprint density at radius 2 is 2.33 bits per heavy atom. The van der Waals surface area contributed by atoms with Crippen molar-refractivity contribution < 1.29 is 18.3 Å². The van der Waals surface area contributed by atoms with Crippen LogP contribution in [0.1, 0.15) is 28.2 Å². The highest BCUT2D eigenvalue weighted by Gasteiger charge is 2.18. The van der Waals surface area contributed by atoms with E-state index in [9.17, 15) is 13.6 Å². The van der Waals surface area contributed by atoms with Gasteiger partial charge in [0.15, 0.2) is 6.29 Å². The Balaban J connectivity index is 3.34. The van der Waals surface area contributed by atoms with Crippen LogP contribution in [0.25, 0.3) is 0 Å². The van der Waals surface area contributed by atoms with Gasteiger partial charge in [-0.25, -0.2) is 13.8 Å². The molecule has 1 heterocycles. The minimum atomic E-state index is -2.80. The van der Waals surface area contributed by atoms with E-state index < -0.39 is 12.1 Å². The topological polar surface area (TPSA) is 65.2 Å². The van der Waals surface area contributed by atoms with Crippen LogP contribution in [0.5, 0.6) is 5.75 Å². The molecule has 4 nitrogen and oxygen atoms in total. The lowest BCUT2D eigenvalue weighted by Gasteiger charge is -2.10. The Kier molecular flexibility index (Phi) is 3.68. The normalized spacial score (nSPS) is 10.5. The van der Waals surface area contributed by atoms with E-state index in [2.05, 4.69) is 4.98 Å². The number of carbonyl (C=O) groups excluding carboxylic acids is 1. The highest BCUT2D eigenvalue weighted by molar-refractivity contribution is 5.77. The maximum absolute atomic E-state index is 12.5. The summed E-state index contributed by atoms with van der Waals surface area (Å²) in [5, 5.41) is 0. The third kappa shape index (κ3) is 2.27. The second-order valence-electron chi connectivity index (χ2n) is 2.73. The molecule has 1 rings (SSSR count). The number of aromatic nitrogens is 1. The Bertz CT molecular complexity index is 369. The van der Waals surface area contributed by atoms with Crippen LogP contribution in [0.3, 0.4) is 0 Å². The van der Waals surface area contributed by atoms with Gasteiger partial charge in [-0.3, -0.25) is 4.79 Å². The number of hydrogen-bond donors (Lipinski definition) is 1. The van der Waals surface area contributed by atoms with Gasteiger partial charge in [0, 0.05) is 12.1 Å². The standard InChI is InChI=1S/C9H10F2N2O2/c1-15-7-2-5(4-14)8(9(10)11)13-6(7)3-12/h2,4,9H,3,12H2,1H3. The lowest BCUT2D eigenvalue weighted by Crippen LogP contribution is -2.08. The molecule has 1 aromatic rings. The first-order chi connectivity index (χ1) is 7.13. The van der Waals surface area contributed by atoms with Crippen LogP contribution in [0.2, 0.25) is 0 Å². The molecule has 0 aromatic carbocycles. The van der Waals surface area contributed by atoms with Gasteiger partial charge in [0.05, 0.1) is 12.8 Å². The summed E-state index contributed by atoms with van der Waals surface area (Å²) in [4.78, 5) is 14.1. The van der Waals surface area contributed by atoms with Gasteiger partial charge in [-0.05, 0) is 6.07 Å². The predicted molar refractivity (Wildman–Crippen MR) is 49.0 cm³/mol. The number of halogens is 2.